The standard InChI is InChI=1S/C23H29ClO2Si/c1-23(2,3)27(20-10-6-4-7-11-20,21-12-8-5-9-13-21)26-19-16-14-18(15-17-19)22(24)25/h4-13,18-19H,14-17H2,1-3H3. The van der Waals surface area contributed by atoms with Gasteiger partial charge in [0.2, 0.25) is 5.24 Å². The average molecular weight is 401 g/mol. The van der Waals surface area contributed by atoms with Gasteiger partial charge in [0.1, 0.15) is 0 Å². The molecule has 0 amide bonds. The van der Waals surface area contributed by atoms with Crippen molar-refractivity contribution < 1.29 is 9.22 Å². The summed E-state index contributed by atoms with van der Waals surface area (Å²) in [4.78, 5) is 11.5. The van der Waals surface area contributed by atoms with Crippen molar-refractivity contribution in [3.05, 3.63) is 60.7 Å². The number of rotatable bonds is 5. The fraction of sp³-hybridized carbons (Fsp3) is 0.435. The van der Waals surface area contributed by atoms with Crippen LogP contribution in [-0.4, -0.2) is 19.7 Å². The number of halogens is 1. The number of carbonyl (C=O) groups excluding carboxylic acids is 1. The van der Waals surface area contributed by atoms with Crippen LogP contribution in [0.1, 0.15) is 46.5 Å². The zero-order chi connectivity index (χ0) is 19.5. The maximum atomic E-state index is 11.5. The van der Waals surface area contributed by atoms with Gasteiger partial charge in [-0.1, -0.05) is 81.4 Å². The molecule has 0 N–H and O–H groups in total. The van der Waals surface area contributed by atoms with E-state index < -0.39 is 8.32 Å². The maximum absolute atomic E-state index is 11.5. The topological polar surface area (TPSA) is 26.3 Å². The lowest BCUT2D eigenvalue weighted by molar-refractivity contribution is -0.116. The summed E-state index contributed by atoms with van der Waals surface area (Å²) in [5.41, 5.74) is 0. The predicted octanol–water partition coefficient (Wildman–Crippen LogP) is 4.89. The van der Waals surface area contributed by atoms with Gasteiger partial charge in [0.15, 0.2) is 0 Å². The fourth-order valence-electron chi connectivity index (χ4n) is 4.35. The van der Waals surface area contributed by atoms with Gasteiger partial charge < -0.3 is 4.43 Å². The van der Waals surface area contributed by atoms with Crippen molar-refractivity contribution in [3.63, 3.8) is 0 Å². The van der Waals surface area contributed by atoms with E-state index in [2.05, 4.69) is 81.4 Å². The molecule has 0 heterocycles. The molecule has 0 unspecified atom stereocenters. The first-order valence-electron chi connectivity index (χ1n) is 9.83. The van der Waals surface area contributed by atoms with Crippen molar-refractivity contribution in [2.24, 2.45) is 5.92 Å². The van der Waals surface area contributed by atoms with Crippen LogP contribution in [0.2, 0.25) is 5.04 Å². The average Bonchev–Trinajstić information content (AvgIpc) is 2.67. The van der Waals surface area contributed by atoms with Gasteiger partial charge >= 0.3 is 0 Å². The summed E-state index contributed by atoms with van der Waals surface area (Å²) >= 11 is 5.73. The summed E-state index contributed by atoms with van der Waals surface area (Å²) < 4.78 is 7.13. The second-order valence-electron chi connectivity index (χ2n) is 8.56. The molecule has 0 spiro atoms. The van der Waals surface area contributed by atoms with E-state index in [4.69, 9.17) is 16.0 Å². The highest BCUT2D eigenvalue weighted by atomic mass is 35.5. The lowest BCUT2D eigenvalue weighted by Crippen LogP contribution is -2.67. The molecule has 0 aliphatic heterocycles. The molecule has 1 saturated carbocycles. The molecule has 27 heavy (non-hydrogen) atoms. The SMILES string of the molecule is CC(C)(C)[Si](OC1CCC(C(=O)Cl)CC1)(c1ccccc1)c1ccccc1. The van der Waals surface area contributed by atoms with Crippen LogP contribution in [0.3, 0.4) is 0 Å². The van der Waals surface area contributed by atoms with Gasteiger partial charge in [-0.2, -0.15) is 0 Å². The van der Waals surface area contributed by atoms with Gasteiger partial charge in [-0.25, -0.2) is 0 Å². The Labute approximate surface area is 169 Å². The van der Waals surface area contributed by atoms with Crippen molar-refractivity contribution in [3.8, 4) is 0 Å². The van der Waals surface area contributed by atoms with Gasteiger partial charge in [0.25, 0.3) is 8.32 Å². The van der Waals surface area contributed by atoms with Crippen molar-refractivity contribution in [1.82, 2.24) is 0 Å². The molecule has 144 valence electrons. The molecule has 0 atom stereocenters. The summed E-state index contributed by atoms with van der Waals surface area (Å²) in [6, 6.07) is 21.4. The Balaban J connectivity index is 2.01. The quantitative estimate of drug-likeness (QED) is 0.527. The molecule has 0 radical (unpaired) electrons. The summed E-state index contributed by atoms with van der Waals surface area (Å²) in [7, 11) is -2.50. The van der Waals surface area contributed by atoms with E-state index in [0.717, 1.165) is 25.7 Å². The van der Waals surface area contributed by atoms with Crippen LogP contribution < -0.4 is 10.4 Å². The number of hydrogen-bond acceptors (Lipinski definition) is 2. The first-order chi connectivity index (χ1) is 12.8. The van der Waals surface area contributed by atoms with E-state index in [9.17, 15) is 4.79 Å². The van der Waals surface area contributed by atoms with Gasteiger partial charge in [-0.15, -0.1) is 0 Å². The molecule has 2 aromatic carbocycles. The van der Waals surface area contributed by atoms with Gasteiger partial charge in [-0.05, 0) is 52.7 Å². The molecule has 1 aliphatic rings. The third kappa shape index (κ3) is 4.21. The van der Waals surface area contributed by atoms with Crippen molar-refractivity contribution in [2.45, 2.75) is 57.6 Å². The van der Waals surface area contributed by atoms with Crippen molar-refractivity contribution in [2.75, 3.05) is 0 Å². The second kappa shape index (κ2) is 8.30. The minimum atomic E-state index is -2.50. The Bertz CT molecular complexity index is 707. The Morgan fingerprint density at radius 3 is 1.70 bits per heavy atom. The fourth-order valence-corrected chi connectivity index (χ4v) is 9.32. The van der Waals surface area contributed by atoms with E-state index in [1.54, 1.807) is 0 Å². The summed E-state index contributed by atoms with van der Waals surface area (Å²) in [5, 5.41) is 2.40. The van der Waals surface area contributed by atoms with Gasteiger partial charge in [-0.3, -0.25) is 4.79 Å². The number of carbonyl (C=O) groups is 1. The molecule has 0 saturated heterocycles. The molecule has 2 aromatic rings. The van der Waals surface area contributed by atoms with Crippen LogP contribution in [-0.2, 0) is 9.22 Å². The normalized spacial score (nSPS) is 21.0. The third-order valence-corrected chi connectivity index (χ3v) is 11.2. The third-order valence-electron chi connectivity index (χ3n) is 5.76. The first-order valence-corrected chi connectivity index (χ1v) is 12.1. The van der Waals surface area contributed by atoms with Crippen LogP contribution in [0, 0.1) is 5.92 Å². The molecular weight excluding hydrogens is 372 g/mol. The Kier molecular flexibility index (Phi) is 6.24. The minimum absolute atomic E-state index is 0.00864. The first kappa shape index (κ1) is 20.3. The summed E-state index contributed by atoms with van der Waals surface area (Å²) in [6.45, 7) is 6.90. The zero-order valence-electron chi connectivity index (χ0n) is 16.5. The summed E-state index contributed by atoms with van der Waals surface area (Å²) in [5.74, 6) is -0.00864. The minimum Gasteiger partial charge on any atom is -0.404 e. The maximum Gasteiger partial charge on any atom is 0.261 e. The highest BCUT2D eigenvalue weighted by molar-refractivity contribution is 6.99. The Hall–Kier alpha value is -1.42. The molecule has 0 aromatic heterocycles. The van der Waals surface area contributed by atoms with E-state index in [1.165, 1.54) is 10.4 Å². The Morgan fingerprint density at radius 2 is 1.33 bits per heavy atom. The molecule has 1 fully saturated rings. The number of benzene rings is 2. The van der Waals surface area contributed by atoms with Crippen molar-refractivity contribution in [1.29, 1.82) is 0 Å². The van der Waals surface area contributed by atoms with Gasteiger partial charge in [0.05, 0.1) is 0 Å². The monoisotopic (exact) mass is 400 g/mol. The smallest absolute Gasteiger partial charge is 0.261 e. The molecule has 2 nitrogen and oxygen atoms in total. The lowest BCUT2D eigenvalue weighted by atomic mass is 9.88. The van der Waals surface area contributed by atoms with E-state index >= 15 is 0 Å². The van der Waals surface area contributed by atoms with Crippen LogP contribution in [0.25, 0.3) is 0 Å². The van der Waals surface area contributed by atoms with E-state index in [1.807, 2.05) is 0 Å². The molecule has 4 heteroatoms. The molecular formula is C23H29ClO2Si. The predicted molar refractivity (Wildman–Crippen MR) is 115 cm³/mol. The van der Waals surface area contributed by atoms with Crippen molar-refractivity contribution >= 4 is 35.5 Å². The van der Waals surface area contributed by atoms with E-state index in [0.29, 0.717) is 0 Å². The Morgan fingerprint density at radius 1 is 0.889 bits per heavy atom. The number of hydrogen-bond donors (Lipinski definition) is 0. The van der Waals surface area contributed by atoms with Gasteiger partial charge in [0, 0.05) is 12.0 Å². The lowest BCUT2D eigenvalue weighted by Gasteiger charge is -2.46. The van der Waals surface area contributed by atoms with Crippen LogP contribution in [0.15, 0.2) is 60.7 Å². The van der Waals surface area contributed by atoms with E-state index in [-0.39, 0.29) is 22.3 Å². The highest BCUT2D eigenvalue weighted by Crippen LogP contribution is 2.40. The zero-order valence-corrected chi connectivity index (χ0v) is 18.2. The highest BCUT2D eigenvalue weighted by Gasteiger charge is 2.51. The summed E-state index contributed by atoms with van der Waals surface area (Å²) in [6.07, 6.45) is 3.61. The van der Waals surface area contributed by atoms with Crippen LogP contribution >= 0.6 is 11.6 Å². The second-order valence-corrected chi connectivity index (χ2v) is 13.2. The largest absolute Gasteiger partial charge is 0.404 e. The molecule has 3 rings (SSSR count). The van der Waals surface area contributed by atoms with Crippen LogP contribution in [0.5, 0.6) is 0 Å². The molecule has 1 aliphatic carbocycles. The van der Waals surface area contributed by atoms with Crippen LogP contribution in [0.4, 0.5) is 0 Å². The molecule has 0 bridgehead atoms.